The van der Waals surface area contributed by atoms with Gasteiger partial charge in [0.15, 0.2) is 17.3 Å². The van der Waals surface area contributed by atoms with E-state index in [4.69, 9.17) is 19.6 Å². The summed E-state index contributed by atoms with van der Waals surface area (Å²) in [5.41, 5.74) is 7.06. The van der Waals surface area contributed by atoms with Gasteiger partial charge in [0.1, 0.15) is 11.5 Å². The Labute approximate surface area is 184 Å². The third-order valence-corrected chi connectivity index (χ3v) is 5.43. The number of hydrogen-bond donors (Lipinski definition) is 1. The van der Waals surface area contributed by atoms with Gasteiger partial charge < -0.3 is 9.47 Å². The van der Waals surface area contributed by atoms with E-state index in [2.05, 4.69) is 11.5 Å². The zero-order valence-corrected chi connectivity index (χ0v) is 17.6. The van der Waals surface area contributed by atoms with Crippen molar-refractivity contribution in [1.29, 1.82) is 0 Å². The molecule has 1 aliphatic rings. The highest BCUT2D eigenvalue weighted by atomic mass is 19.1. The first-order chi connectivity index (χ1) is 15.7. The molecule has 4 aromatic carbocycles. The van der Waals surface area contributed by atoms with Crippen molar-refractivity contribution in [2.24, 2.45) is 10.1 Å². The standard InChI is InChI=1S/C26H20FN3O2/c1-31-22-14-10-18(15-23(22)32-2)24-21-13-9-16-5-3-4-6-20(16)25(21)28-26(30-29-24)17-7-11-19(27)12-8-17/h3-15H,1-2H3,(H,28,30). The Morgan fingerprint density at radius 2 is 1.53 bits per heavy atom. The highest BCUT2D eigenvalue weighted by Crippen LogP contribution is 2.35. The van der Waals surface area contributed by atoms with Crippen LogP contribution < -0.4 is 14.9 Å². The Morgan fingerprint density at radius 3 is 2.31 bits per heavy atom. The molecule has 32 heavy (non-hydrogen) atoms. The Bertz CT molecular complexity index is 1380. The second kappa shape index (κ2) is 8.15. The largest absolute Gasteiger partial charge is 0.493 e. The lowest BCUT2D eigenvalue weighted by molar-refractivity contribution is 0.355. The highest BCUT2D eigenvalue weighted by Gasteiger charge is 2.20. The van der Waals surface area contributed by atoms with Crippen LogP contribution in [0.3, 0.4) is 0 Å². The molecule has 1 aliphatic heterocycles. The monoisotopic (exact) mass is 425 g/mol. The molecule has 158 valence electrons. The van der Waals surface area contributed by atoms with Gasteiger partial charge in [-0.2, -0.15) is 5.10 Å². The normalized spacial score (nSPS) is 12.8. The minimum Gasteiger partial charge on any atom is -0.493 e. The van der Waals surface area contributed by atoms with E-state index < -0.39 is 0 Å². The molecule has 0 radical (unpaired) electrons. The molecule has 0 aliphatic carbocycles. The molecule has 0 atom stereocenters. The zero-order chi connectivity index (χ0) is 22.1. The molecule has 0 saturated carbocycles. The van der Waals surface area contributed by atoms with Crippen LogP contribution >= 0.6 is 0 Å². The molecular formula is C26H20FN3O2. The predicted octanol–water partition coefficient (Wildman–Crippen LogP) is 5.43. The van der Waals surface area contributed by atoms with E-state index in [0.717, 1.165) is 33.2 Å². The van der Waals surface area contributed by atoms with Crippen molar-refractivity contribution in [2.75, 3.05) is 14.2 Å². The summed E-state index contributed by atoms with van der Waals surface area (Å²) >= 11 is 0. The Balaban J connectivity index is 1.74. The Kier molecular flexibility index (Phi) is 5.03. The second-order valence-electron chi connectivity index (χ2n) is 7.29. The van der Waals surface area contributed by atoms with Gasteiger partial charge in [0.25, 0.3) is 0 Å². The summed E-state index contributed by atoms with van der Waals surface area (Å²) in [5, 5.41) is 6.77. The average Bonchev–Trinajstić information content (AvgIpc) is 3.04. The molecule has 0 aromatic heterocycles. The lowest BCUT2D eigenvalue weighted by Crippen LogP contribution is -2.19. The maximum Gasteiger partial charge on any atom is 0.161 e. The molecule has 0 saturated heterocycles. The van der Waals surface area contributed by atoms with Crippen LogP contribution in [0.15, 0.2) is 89.0 Å². The van der Waals surface area contributed by atoms with E-state index in [1.165, 1.54) is 12.1 Å². The third-order valence-electron chi connectivity index (χ3n) is 5.43. The molecule has 5 nitrogen and oxygen atoms in total. The van der Waals surface area contributed by atoms with Gasteiger partial charge in [-0.3, -0.25) is 5.43 Å². The number of benzene rings is 4. The summed E-state index contributed by atoms with van der Waals surface area (Å²) in [6, 6.07) is 24.0. The lowest BCUT2D eigenvalue weighted by Gasteiger charge is -2.13. The summed E-state index contributed by atoms with van der Waals surface area (Å²) in [7, 11) is 3.21. The number of nitrogens with one attached hydrogen (secondary N) is 1. The van der Waals surface area contributed by atoms with Gasteiger partial charge in [-0.1, -0.05) is 30.3 Å². The third kappa shape index (κ3) is 3.46. The number of hydrazone groups is 1. The van der Waals surface area contributed by atoms with Gasteiger partial charge in [0.2, 0.25) is 0 Å². The average molecular weight is 425 g/mol. The number of halogens is 1. The number of methoxy groups -OCH3 is 2. The minimum absolute atomic E-state index is 0.302. The molecule has 1 heterocycles. The summed E-state index contributed by atoms with van der Waals surface area (Å²) in [6.45, 7) is 0. The number of nitrogens with zero attached hydrogens (tertiary/aromatic N) is 2. The Hall–Kier alpha value is -4.19. The van der Waals surface area contributed by atoms with Crippen LogP contribution in [0, 0.1) is 5.82 Å². The van der Waals surface area contributed by atoms with E-state index >= 15 is 0 Å². The fraction of sp³-hybridized carbons (Fsp3) is 0.0769. The van der Waals surface area contributed by atoms with Gasteiger partial charge >= 0.3 is 0 Å². The van der Waals surface area contributed by atoms with Gasteiger partial charge in [-0.15, -0.1) is 0 Å². The number of fused-ring (bicyclic) bond motifs is 3. The molecular weight excluding hydrogens is 405 g/mol. The summed E-state index contributed by atoms with van der Waals surface area (Å²) < 4.78 is 24.4. The van der Waals surface area contributed by atoms with Crippen molar-refractivity contribution in [3.8, 4) is 11.5 Å². The smallest absolute Gasteiger partial charge is 0.161 e. The molecule has 0 amide bonds. The Morgan fingerprint density at radius 1 is 0.781 bits per heavy atom. The number of rotatable bonds is 4. The van der Waals surface area contributed by atoms with Gasteiger partial charge in [-0.05, 0) is 53.9 Å². The quantitative estimate of drug-likeness (QED) is 0.474. The van der Waals surface area contributed by atoms with Gasteiger partial charge in [-0.25, -0.2) is 9.38 Å². The first-order valence-corrected chi connectivity index (χ1v) is 10.1. The van der Waals surface area contributed by atoms with E-state index in [1.807, 2.05) is 48.5 Å². The second-order valence-corrected chi connectivity index (χ2v) is 7.29. The maximum atomic E-state index is 13.5. The first kappa shape index (κ1) is 19.8. The summed E-state index contributed by atoms with van der Waals surface area (Å²) in [6.07, 6.45) is 0. The first-order valence-electron chi connectivity index (χ1n) is 10.1. The van der Waals surface area contributed by atoms with E-state index in [-0.39, 0.29) is 5.82 Å². The molecule has 5 rings (SSSR count). The van der Waals surface area contributed by atoms with Crippen LogP contribution in [0.4, 0.5) is 10.1 Å². The fourth-order valence-corrected chi connectivity index (χ4v) is 3.81. The topological polar surface area (TPSA) is 55.2 Å². The van der Waals surface area contributed by atoms with Crippen LogP contribution in [0.5, 0.6) is 11.5 Å². The molecule has 0 bridgehead atoms. The number of hydrogen-bond acceptors (Lipinski definition) is 5. The highest BCUT2D eigenvalue weighted by molar-refractivity contribution is 6.21. The molecule has 0 unspecified atom stereocenters. The zero-order valence-electron chi connectivity index (χ0n) is 17.6. The molecule has 0 fully saturated rings. The SMILES string of the molecule is COc1ccc(C2=NNC(c3ccc(F)cc3)=Nc3c2ccc2ccccc32)cc1OC. The number of amidine groups is 1. The van der Waals surface area contributed by atoms with Gasteiger partial charge in [0, 0.05) is 22.1 Å². The minimum atomic E-state index is -0.302. The van der Waals surface area contributed by atoms with Gasteiger partial charge in [0.05, 0.1) is 19.9 Å². The van der Waals surface area contributed by atoms with Crippen LogP contribution in [-0.2, 0) is 0 Å². The molecule has 6 heteroatoms. The van der Waals surface area contributed by atoms with E-state index in [0.29, 0.717) is 23.0 Å². The number of aliphatic imine (C=N–C) groups is 1. The van der Waals surface area contributed by atoms with Crippen molar-refractivity contribution < 1.29 is 13.9 Å². The van der Waals surface area contributed by atoms with E-state index in [9.17, 15) is 4.39 Å². The van der Waals surface area contributed by atoms with Crippen molar-refractivity contribution in [3.05, 3.63) is 101 Å². The van der Waals surface area contributed by atoms with E-state index in [1.54, 1.807) is 26.4 Å². The fourth-order valence-electron chi connectivity index (χ4n) is 3.81. The van der Waals surface area contributed by atoms with Crippen LogP contribution in [0.25, 0.3) is 10.8 Å². The van der Waals surface area contributed by atoms with Crippen molar-refractivity contribution in [3.63, 3.8) is 0 Å². The summed E-state index contributed by atoms with van der Waals surface area (Å²) in [4.78, 5) is 4.93. The predicted molar refractivity (Wildman–Crippen MR) is 125 cm³/mol. The van der Waals surface area contributed by atoms with Crippen LogP contribution in [0.2, 0.25) is 0 Å². The molecule has 4 aromatic rings. The van der Waals surface area contributed by atoms with Crippen LogP contribution in [0.1, 0.15) is 16.7 Å². The number of ether oxygens (including phenoxy) is 2. The van der Waals surface area contributed by atoms with Crippen molar-refractivity contribution in [2.45, 2.75) is 0 Å². The summed E-state index contributed by atoms with van der Waals surface area (Å²) in [5.74, 6) is 1.49. The van der Waals surface area contributed by atoms with Crippen LogP contribution in [-0.4, -0.2) is 25.8 Å². The van der Waals surface area contributed by atoms with Crippen molar-refractivity contribution in [1.82, 2.24) is 5.43 Å². The lowest BCUT2D eigenvalue weighted by atomic mass is 9.96. The molecule has 1 N–H and O–H groups in total. The molecule has 0 spiro atoms. The van der Waals surface area contributed by atoms with Crippen molar-refractivity contribution >= 4 is 28.0 Å². The maximum absolute atomic E-state index is 13.5.